The summed E-state index contributed by atoms with van der Waals surface area (Å²) in [6, 6.07) is 16.7. The van der Waals surface area contributed by atoms with E-state index < -0.39 is 0 Å². The first kappa shape index (κ1) is 23.0. The van der Waals surface area contributed by atoms with Crippen molar-refractivity contribution in [1.29, 1.82) is 0 Å². The minimum atomic E-state index is 0.0151. The van der Waals surface area contributed by atoms with Gasteiger partial charge in [-0.25, -0.2) is 0 Å². The standard InChI is InChI=1S/C29H34N2O2/c1-4-5-11-27(32)29-26(17-22(18-28(29)33)21-9-7-6-8-10-21)30-15-14-23-20(3)31-25-13-12-19(2)16-24(23)25/h6-10,12-13,16,22,31-32H,4-5,11,14-15,17-18H2,1-3H3/t22-/m0/s1. The van der Waals surface area contributed by atoms with E-state index in [4.69, 9.17) is 4.99 Å². The van der Waals surface area contributed by atoms with Crippen LogP contribution in [0.25, 0.3) is 10.9 Å². The lowest BCUT2D eigenvalue weighted by molar-refractivity contribution is -0.116. The number of nitrogens with one attached hydrogen (secondary N) is 1. The van der Waals surface area contributed by atoms with Gasteiger partial charge >= 0.3 is 0 Å². The molecule has 4 rings (SSSR count). The third-order valence-electron chi connectivity index (χ3n) is 6.71. The summed E-state index contributed by atoms with van der Waals surface area (Å²) in [6.45, 7) is 6.90. The number of rotatable bonds is 7. The molecule has 0 saturated heterocycles. The fourth-order valence-electron chi connectivity index (χ4n) is 4.92. The number of allylic oxidation sites excluding steroid dienone is 2. The molecule has 0 aliphatic heterocycles. The Morgan fingerprint density at radius 1 is 1.12 bits per heavy atom. The molecule has 1 atom stereocenters. The van der Waals surface area contributed by atoms with Crippen LogP contribution in [-0.2, 0) is 11.2 Å². The number of aliphatic imine (C=N–C) groups is 1. The molecule has 1 aromatic heterocycles. The highest BCUT2D eigenvalue weighted by Crippen LogP contribution is 2.34. The first-order valence-corrected chi connectivity index (χ1v) is 12.1. The van der Waals surface area contributed by atoms with E-state index in [1.807, 2.05) is 18.2 Å². The summed E-state index contributed by atoms with van der Waals surface area (Å²) in [5.74, 6) is 0.338. The van der Waals surface area contributed by atoms with Gasteiger partial charge in [-0.1, -0.05) is 55.3 Å². The summed E-state index contributed by atoms with van der Waals surface area (Å²) >= 11 is 0. The Labute approximate surface area is 196 Å². The van der Waals surface area contributed by atoms with Gasteiger partial charge in [-0.2, -0.15) is 0 Å². The molecule has 2 aromatic carbocycles. The fourth-order valence-corrected chi connectivity index (χ4v) is 4.92. The number of aliphatic hydroxyl groups excluding tert-OH is 1. The molecule has 0 bridgehead atoms. The number of fused-ring (bicyclic) bond motifs is 1. The van der Waals surface area contributed by atoms with Crippen LogP contribution in [0.1, 0.15) is 67.3 Å². The highest BCUT2D eigenvalue weighted by Gasteiger charge is 2.32. The first-order chi connectivity index (χ1) is 16.0. The van der Waals surface area contributed by atoms with Gasteiger partial charge in [0.25, 0.3) is 0 Å². The van der Waals surface area contributed by atoms with E-state index in [-0.39, 0.29) is 17.5 Å². The molecule has 33 heavy (non-hydrogen) atoms. The zero-order valence-electron chi connectivity index (χ0n) is 19.9. The molecule has 1 heterocycles. The van der Waals surface area contributed by atoms with Crippen molar-refractivity contribution in [3.63, 3.8) is 0 Å². The van der Waals surface area contributed by atoms with Crippen molar-refractivity contribution in [3.05, 3.63) is 82.2 Å². The van der Waals surface area contributed by atoms with Crippen molar-refractivity contribution in [2.45, 2.75) is 65.2 Å². The van der Waals surface area contributed by atoms with Crippen molar-refractivity contribution in [3.8, 4) is 0 Å². The molecule has 2 N–H and O–H groups in total. The van der Waals surface area contributed by atoms with Gasteiger partial charge in [0.05, 0.1) is 5.57 Å². The second-order valence-electron chi connectivity index (χ2n) is 9.22. The largest absolute Gasteiger partial charge is 0.511 e. The van der Waals surface area contributed by atoms with Crippen LogP contribution in [0, 0.1) is 13.8 Å². The van der Waals surface area contributed by atoms with Crippen LogP contribution in [0.2, 0.25) is 0 Å². The van der Waals surface area contributed by atoms with Crippen LogP contribution in [0.15, 0.2) is 64.9 Å². The molecule has 172 valence electrons. The van der Waals surface area contributed by atoms with E-state index in [1.54, 1.807) is 0 Å². The zero-order valence-corrected chi connectivity index (χ0v) is 19.9. The minimum Gasteiger partial charge on any atom is -0.511 e. The Morgan fingerprint density at radius 2 is 1.91 bits per heavy atom. The summed E-state index contributed by atoms with van der Waals surface area (Å²) < 4.78 is 0. The number of carbonyl (C=O) groups is 1. The molecular weight excluding hydrogens is 408 g/mol. The van der Waals surface area contributed by atoms with E-state index in [2.05, 4.69) is 56.1 Å². The smallest absolute Gasteiger partial charge is 0.168 e. The monoisotopic (exact) mass is 442 g/mol. The van der Waals surface area contributed by atoms with Gasteiger partial charge in [0.1, 0.15) is 5.76 Å². The number of ketones is 1. The van der Waals surface area contributed by atoms with Gasteiger partial charge in [-0.3, -0.25) is 9.79 Å². The molecule has 1 fully saturated rings. The maximum atomic E-state index is 13.1. The minimum absolute atomic E-state index is 0.0151. The summed E-state index contributed by atoms with van der Waals surface area (Å²) in [6.07, 6.45) is 4.29. The zero-order chi connectivity index (χ0) is 23.4. The number of unbranched alkanes of at least 4 members (excludes halogenated alkanes) is 1. The maximum absolute atomic E-state index is 13.1. The number of carbonyl (C=O) groups excluding carboxylic acids is 1. The van der Waals surface area contributed by atoms with Gasteiger partial charge < -0.3 is 10.1 Å². The highest BCUT2D eigenvalue weighted by atomic mass is 16.3. The number of hydrogen-bond acceptors (Lipinski definition) is 3. The molecule has 1 aliphatic rings. The highest BCUT2D eigenvalue weighted by molar-refractivity contribution is 6.24. The third kappa shape index (κ3) is 5.11. The van der Waals surface area contributed by atoms with Crippen LogP contribution in [0.3, 0.4) is 0 Å². The number of benzene rings is 2. The molecular formula is C29H34N2O2. The predicted octanol–water partition coefficient (Wildman–Crippen LogP) is 6.92. The van der Waals surface area contributed by atoms with Crippen molar-refractivity contribution >= 4 is 22.4 Å². The van der Waals surface area contributed by atoms with E-state index in [0.717, 1.165) is 36.1 Å². The number of aromatic amines is 1. The quantitative estimate of drug-likeness (QED) is 0.308. The molecule has 4 heteroatoms. The molecule has 0 unspecified atom stereocenters. The Balaban J connectivity index is 1.62. The normalized spacial score (nSPS) is 19.4. The SMILES string of the molecule is CCCCC(O)=C1C(=O)C[C@@H](c2ccccc2)CC1=NCCc1c(C)[nH]c2ccc(C)cc12. The maximum Gasteiger partial charge on any atom is 0.168 e. The fraction of sp³-hybridized carbons (Fsp3) is 0.379. The van der Waals surface area contributed by atoms with Crippen LogP contribution in [-0.4, -0.2) is 28.1 Å². The van der Waals surface area contributed by atoms with Gasteiger partial charge in [-0.15, -0.1) is 0 Å². The van der Waals surface area contributed by atoms with Crippen molar-refractivity contribution in [1.82, 2.24) is 4.98 Å². The molecule has 0 radical (unpaired) electrons. The Hall–Kier alpha value is -3.14. The second kappa shape index (κ2) is 10.2. The topological polar surface area (TPSA) is 65.4 Å². The van der Waals surface area contributed by atoms with Crippen LogP contribution in [0.4, 0.5) is 0 Å². The van der Waals surface area contributed by atoms with E-state index in [1.165, 1.54) is 22.2 Å². The van der Waals surface area contributed by atoms with Crippen molar-refractivity contribution in [2.75, 3.05) is 6.54 Å². The number of Topliss-reactive ketones (excluding diaryl/α,β-unsaturated/α-hetero) is 1. The van der Waals surface area contributed by atoms with Gasteiger partial charge in [0.15, 0.2) is 5.78 Å². The molecule has 4 nitrogen and oxygen atoms in total. The molecule has 0 spiro atoms. The van der Waals surface area contributed by atoms with E-state index in [0.29, 0.717) is 31.4 Å². The lowest BCUT2D eigenvalue weighted by Crippen LogP contribution is -2.27. The van der Waals surface area contributed by atoms with Crippen LogP contribution < -0.4 is 0 Å². The Bertz CT molecular complexity index is 1200. The number of aryl methyl sites for hydroxylation is 2. The Morgan fingerprint density at radius 3 is 2.67 bits per heavy atom. The number of hydrogen-bond donors (Lipinski definition) is 2. The van der Waals surface area contributed by atoms with Gasteiger partial charge in [-0.05, 0) is 62.3 Å². The van der Waals surface area contributed by atoms with Crippen molar-refractivity contribution < 1.29 is 9.90 Å². The second-order valence-corrected chi connectivity index (χ2v) is 9.22. The van der Waals surface area contributed by atoms with Gasteiger partial charge in [0, 0.05) is 41.7 Å². The number of H-pyrrole nitrogens is 1. The third-order valence-corrected chi connectivity index (χ3v) is 6.71. The summed E-state index contributed by atoms with van der Waals surface area (Å²) in [5.41, 5.74) is 7.23. The van der Waals surface area contributed by atoms with E-state index >= 15 is 0 Å². The van der Waals surface area contributed by atoms with Crippen LogP contribution in [0.5, 0.6) is 0 Å². The molecule has 0 amide bonds. The number of aromatic nitrogens is 1. The van der Waals surface area contributed by atoms with Crippen molar-refractivity contribution in [2.24, 2.45) is 4.99 Å². The first-order valence-electron chi connectivity index (χ1n) is 12.1. The lowest BCUT2D eigenvalue weighted by Gasteiger charge is -2.26. The average molecular weight is 443 g/mol. The molecule has 3 aromatic rings. The lowest BCUT2D eigenvalue weighted by atomic mass is 9.78. The Kier molecular flexibility index (Phi) is 7.12. The number of nitrogens with zero attached hydrogens (tertiary/aromatic N) is 1. The number of aliphatic hydroxyl groups is 1. The van der Waals surface area contributed by atoms with Crippen LogP contribution >= 0.6 is 0 Å². The van der Waals surface area contributed by atoms with E-state index in [9.17, 15) is 9.90 Å². The summed E-state index contributed by atoms with van der Waals surface area (Å²) in [7, 11) is 0. The van der Waals surface area contributed by atoms with Gasteiger partial charge in [0.2, 0.25) is 0 Å². The predicted molar refractivity (Wildman–Crippen MR) is 136 cm³/mol. The average Bonchev–Trinajstić information content (AvgIpc) is 3.12. The summed E-state index contributed by atoms with van der Waals surface area (Å²) in [4.78, 5) is 21.6. The molecule has 1 saturated carbocycles. The molecule has 1 aliphatic carbocycles. The summed E-state index contributed by atoms with van der Waals surface area (Å²) in [5, 5.41) is 12.0.